The summed E-state index contributed by atoms with van der Waals surface area (Å²) in [7, 11) is -8.04. The Morgan fingerprint density at radius 1 is 1.36 bits per heavy atom. The summed E-state index contributed by atoms with van der Waals surface area (Å²) in [6.07, 6.45) is 3.38. The van der Waals surface area contributed by atoms with Gasteiger partial charge < -0.3 is 0 Å². The maximum absolute atomic E-state index is 10.8. The SMILES string of the molecule is CS(=O)(=O)c1n[c]c(S(=O)(=O)O)cn1. The molecule has 0 atom stereocenters. The maximum atomic E-state index is 10.8. The van der Waals surface area contributed by atoms with Gasteiger partial charge in [0.2, 0.25) is 15.0 Å². The largest absolute Gasteiger partial charge is 0.298 e. The van der Waals surface area contributed by atoms with E-state index < -0.39 is 30.0 Å². The Labute approximate surface area is 80.5 Å². The highest BCUT2D eigenvalue weighted by Gasteiger charge is 2.15. The van der Waals surface area contributed by atoms with E-state index in [0.717, 1.165) is 6.26 Å². The van der Waals surface area contributed by atoms with Gasteiger partial charge in [0.05, 0.1) is 6.20 Å². The summed E-state index contributed by atoms with van der Waals surface area (Å²) in [4.78, 5) is 5.72. The Hall–Kier alpha value is -1.06. The summed E-state index contributed by atoms with van der Waals surface area (Å²) < 4.78 is 51.1. The number of hydrogen-bond donors (Lipinski definition) is 1. The molecule has 1 aromatic heterocycles. The molecule has 0 unspecified atom stereocenters. The fraction of sp³-hybridized carbons (Fsp3) is 0.200. The molecule has 77 valence electrons. The molecule has 0 aromatic carbocycles. The molecule has 14 heavy (non-hydrogen) atoms. The highest BCUT2D eigenvalue weighted by atomic mass is 32.2. The van der Waals surface area contributed by atoms with Crippen LogP contribution in [-0.4, -0.2) is 37.6 Å². The summed E-state index contributed by atoms with van der Waals surface area (Å²) in [6, 6.07) is 0. The first-order valence-electron chi connectivity index (χ1n) is 3.13. The smallest absolute Gasteiger partial charge is 0.282 e. The Kier molecular flexibility index (Phi) is 2.56. The van der Waals surface area contributed by atoms with Crippen LogP contribution < -0.4 is 0 Å². The third-order valence-corrected chi connectivity index (χ3v) is 2.78. The summed E-state index contributed by atoms with van der Waals surface area (Å²) in [5, 5.41) is -0.551. The molecule has 0 bridgehead atoms. The molecule has 0 amide bonds. The highest BCUT2D eigenvalue weighted by Crippen LogP contribution is 2.06. The molecular formula is C5H5N2O5S2. The van der Waals surface area contributed by atoms with Crippen molar-refractivity contribution in [2.24, 2.45) is 0 Å². The molecule has 0 aliphatic rings. The molecule has 1 N–H and O–H groups in total. The van der Waals surface area contributed by atoms with Crippen LogP contribution in [0.15, 0.2) is 16.2 Å². The Morgan fingerprint density at radius 2 is 1.93 bits per heavy atom. The van der Waals surface area contributed by atoms with E-state index in [1.807, 2.05) is 6.20 Å². The molecule has 1 heterocycles. The Bertz CT molecular complexity index is 479. The molecule has 7 nitrogen and oxygen atoms in total. The first kappa shape index (κ1) is 11.0. The number of hydrogen-bond acceptors (Lipinski definition) is 6. The van der Waals surface area contributed by atoms with Crippen LogP contribution >= 0.6 is 0 Å². The summed E-state index contributed by atoms with van der Waals surface area (Å²) in [6.45, 7) is 0. The Balaban J connectivity index is 3.28. The fourth-order valence-corrected chi connectivity index (χ4v) is 1.38. The van der Waals surface area contributed by atoms with Crippen LogP contribution in [0.5, 0.6) is 0 Å². The lowest BCUT2D eigenvalue weighted by molar-refractivity contribution is 0.481. The zero-order valence-electron chi connectivity index (χ0n) is 6.87. The second-order valence-corrected chi connectivity index (χ2v) is 5.68. The molecule has 0 spiro atoms. The van der Waals surface area contributed by atoms with Crippen molar-refractivity contribution in [3.05, 3.63) is 12.4 Å². The van der Waals surface area contributed by atoms with Gasteiger partial charge in [-0.3, -0.25) is 4.55 Å². The predicted molar refractivity (Wildman–Crippen MR) is 43.8 cm³/mol. The predicted octanol–water partition coefficient (Wildman–Crippen LogP) is -1.07. The molecular weight excluding hydrogens is 232 g/mol. The van der Waals surface area contributed by atoms with E-state index in [4.69, 9.17) is 4.55 Å². The summed E-state index contributed by atoms with van der Waals surface area (Å²) >= 11 is 0. The van der Waals surface area contributed by atoms with Crippen molar-refractivity contribution in [2.45, 2.75) is 10.1 Å². The van der Waals surface area contributed by atoms with E-state index in [0.29, 0.717) is 6.20 Å². The minimum absolute atomic E-state index is 0.551. The lowest BCUT2D eigenvalue weighted by Crippen LogP contribution is -2.07. The van der Waals surface area contributed by atoms with Crippen molar-refractivity contribution in [2.75, 3.05) is 6.26 Å². The van der Waals surface area contributed by atoms with Crippen molar-refractivity contribution >= 4 is 20.0 Å². The molecule has 1 radical (unpaired) electrons. The molecule has 0 aliphatic heterocycles. The maximum Gasteiger partial charge on any atom is 0.298 e. The number of aromatic nitrogens is 2. The molecule has 0 saturated heterocycles. The van der Waals surface area contributed by atoms with Crippen LogP contribution in [0, 0.1) is 6.20 Å². The van der Waals surface area contributed by atoms with E-state index in [2.05, 4.69) is 9.97 Å². The van der Waals surface area contributed by atoms with Crippen molar-refractivity contribution in [1.29, 1.82) is 0 Å². The number of sulfone groups is 1. The lowest BCUT2D eigenvalue weighted by atomic mass is 10.7. The molecule has 9 heteroatoms. The summed E-state index contributed by atoms with van der Waals surface area (Å²) in [5.74, 6) is 0. The highest BCUT2D eigenvalue weighted by molar-refractivity contribution is 7.90. The third kappa shape index (κ3) is 2.47. The molecule has 0 saturated carbocycles. The van der Waals surface area contributed by atoms with Crippen molar-refractivity contribution < 1.29 is 21.4 Å². The fourth-order valence-electron chi connectivity index (χ4n) is 0.577. The van der Waals surface area contributed by atoms with Gasteiger partial charge in [-0.25, -0.2) is 18.4 Å². The zero-order valence-corrected chi connectivity index (χ0v) is 8.50. The van der Waals surface area contributed by atoms with Gasteiger partial charge in [0.1, 0.15) is 11.1 Å². The van der Waals surface area contributed by atoms with Gasteiger partial charge in [0.25, 0.3) is 10.1 Å². The first-order valence-corrected chi connectivity index (χ1v) is 6.46. The van der Waals surface area contributed by atoms with Crippen molar-refractivity contribution in [3.8, 4) is 0 Å². The van der Waals surface area contributed by atoms with Crippen LogP contribution in [0.4, 0.5) is 0 Å². The minimum atomic E-state index is -4.44. The van der Waals surface area contributed by atoms with Crippen LogP contribution in [0.25, 0.3) is 0 Å². The van der Waals surface area contributed by atoms with Crippen molar-refractivity contribution in [1.82, 2.24) is 9.97 Å². The van der Waals surface area contributed by atoms with Gasteiger partial charge in [-0.1, -0.05) is 0 Å². The topological polar surface area (TPSA) is 114 Å². The first-order chi connectivity index (χ1) is 6.21. The van der Waals surface area contributed by atoms with E-state index in [-0.39, 0.29) is 0 Å². The van der Waals surface area contributed by atoms with E-state index in [9.17, 15) is 16.8 Å². The van der Waals surface area contributed by atoms with Crippen LogP contribution in [0.1, 0.15) is 0 Å². The second-order valence-electron chi connectivity index (χ2n) is 2.38. The van der Waals surface area contributed by atoms with E-state index in [1.54, 1.807) is 0 Å². The average molecular weight is 237 g/mol. The van der Waals surface area contributed by atoms with Crippen molar-refractivity contribution in [3.63, 3.8) is 0 Å². The molecule has 0 aliphatic carbocycles. The second kappa shape index (κ2) is 3.26. The number of rotatable bonds is 2. The van der Waals surface area contributed by atoms with Gasteiger partial charge in [-0.15, -0.1) is 0 Å². The number of nitrogens with zero attached hydrogens (tertiary/aromatic N) is 2. The lowest BCUT2D eigenvalue weighted by Gasteiger charge is -1.96. The third-order valence-electron chi connectivity index (χ3n) is 1.16. The van der Waals surface area contributed by atoms with Crippen LogP contribution in [-0.2, 0) is 20.0 Å². The standard InChI is InChI=1S/C5H5N2O5S2/c1-13(8,9)5-6-2-4(3-7-5)14(10,11)12/h2H,1H3,(H,10,11,12). The quantitative estimate of drug-likeness (QED) is 0.514. The van der Waals surface area contributed by atoms with Gasteiger partial charge in [0, 0.05) is 6.26 Å². The van der Waals surface area contributed by atoms with E-state index in [1.165, 1.54) is 0 Å². The minimum Gasteiger partial charge on any atom is -0.282 e. The van der Waals surface area contributed by atoms with Gasteiger partial charge in [-0.2, -0.15) is 8.42 Å². The average Bonchev–Trinajstić information content (AvgIpc) is 2.01. The molecule has 1 aromatic rings. The van der Waals surface area contributed by atoms with Gasteiger partial charge >= 0.3 is 0 Å². The normalized spacial score (nSPS) is 12.7. The molecule has 0 fully saturated rings. The Morgan fingerprint density at radius 3 is 2.21 bits per heavy atom. The molecule has 1 rings (SSSR count). The van der Waals surface area contributed by atoms with Gasteiger partial charge in [0.15, 0.2) is 0 Å². The van der Waals surface area contributed by atoms with Crippen LogP contribution in [0.2, 0.25) is 0 Å². The summed E-state index contributed by atoms with van der Waals surface area (Å²) in [5.41, 5.74) is 0. The van der Waals surface area contributed by atoms with Crippen LogP contribution in [0.3, 0.4) is 0 Å². The zero-order chi connectivity index (χ0) is 11.0. The monoisotopic (exact) mass is 237 g/mol. The van der Waals surface area contributed by atoms with Gasteiger partial charge in [-0.05, 0) is 0 Å². The van der Waals surface area contributed by atoms with E-state index >= 15 is 0 Å².